The van der Waals surface area contributed by atoms with Gasteiger partial charge in [0.05, 0.1) is 0 Å². The number of para-hydroxylation sites is 1. The van der Waals surface area contributed by atoms with E-state index in [2.05, 4.69) is 0 Å². The number of anilines is 1. The van der Waals surface area contributed by atoms with Crippen LogP contribution in [0.3, 0.4) is 0 Å². The molecule has 0 bridgehead atoms. The summed E-state index contributed by atoms with van der Waals surface area (Å²) in [5.74, 6) is 0. The molecule has 0 heterocycles. The molecule has 1 aromatic carbocycles. The molecule has 0 aliphatic heterocycles. The SMILES string of the molecule is CC(C)(N)c1ccccc1N.Cl.Cl. The van der Waals surface area contributed by atoms with Crippen molar-refractivity contribution in [2.45, 2.75) is 19.4 Å². The average molecular weight is 223 g/mol. The first-order valence-corrected chi connectivity index (χ1v) is 3.65. The first kappa shape index (κ1) is 15.1. The number of rotatable bonds is 1. The summed E-state index contributed by atoms with van der Waals surface area (Å²) in [5.41, 5.74) is 13.0. The summed E-state index contributed by atoms with van der Waals surface area (Å²) in [6, 6.07) is 7.67. The van der Waals surface area contributed by atoms with Gasteiger partial charge in [-0.2, -0.15) is 0 Å². The molecule has 0 aromatic heterocycles. The maximum atomic E-state index is 5.88. The van der Waals surface area contributed by atoms with Crippen LogP contribution < -0.4 is 11.5 Å². The van der Waals surface area contributed by atoms with Gasteiger partial charge in [-0.15, -0.1) is 24.8 Å². The van der Waals surface area contributed by atoms with Gasteiger partial charge in [-0.3, -0.25) is 0 Å². The largest absolute Gasteiger partial charge is 0.398 e. The molecule has 13 heavy (non-hydrogen) atoms. The van der Waals surface area contributed by atoms with E-state index in [1.54, 1.807) is 0 Å². The highest BCUT2D eigenvalue weighted by Gasteiger charge is 2.15. The van der Waals surface area contributed by atoms with Gasteiger partial charge >= 0.3 is 0 Å². The third kappa shape index (κ3) is 3.85. The van der Waals surface area contributed by atoms with Crippen molar-refractivity contribution in [3.8, 4) is 0 Å². The molecule has 4 heteroatoms. The Morgan fingerprint density at radius 3 is 1.85 bits per heavy atom. The van der Waals surface area contributed by atoms with E-state index in [0.717, 1.165) is 11.3 Å². The molecule has 2 nitrogen and oxygen atoms in total. The Hall–Kier alpha value is -0.440. The molecule has 1 aromatic rings. The summed E-state index contributed by atoms with van der Waals surface area (Å²) in [7, 11) is 0. The Balaban J connectivity index is 0. The molecular formula is C9H16Cl2N2. The van der Waals surface area contributed by atoms with Crippen LogP contribution in [-0.4, -0.2) is 0 Å². The fraction of sp³-hybridized carbons (Fsp3) is 0.333. The highest BCUT2D eigenvalue weighted by Crippen LogP contribution is 2.22. The summed E-state index contributed by atoms with van der Waals surface area (Å²) >= 11 is 0. The molecule has 0 amide bonds. The minimum absolute atomic E-state index is 0. The van der Waals surface area contributed by atoms with Crippen LogP contribution in [0.5, 0.6) is 0 Å². The Labute approximate surface area is 91.5 Å². The third-order valence-electron chi connectivity index (χ3n) is 1.65. The predicted octanol–water partition coefficient (Wildman–Crippen LogP) is 2.31. The second kappa shape index (κ2) is 5.32. The Bertz CT molecular complexity index is 256. The molecule has 0 fully saturated rings. The molecule has 0 radical (unpaired) electrons. The van der Waals surface area contributed by atoms with Gasteiger partial charge in [-0.25, -0.2) is 0 Å². The van der Waals surface area contributed by atoms with Crippen molar-refractivity contribution >= 4 is 30.5 Å². The lowest BCUT2D eigenvalue weighted by Crippen LogP contribution is -2.29. The molecule has 0 atom stereocenters. The van der Waals surface area contributed by atoms with Crippen LogP contribution in [0.2, 0.25) is 0 Å². The monoisotopic (exact) mass is 222 g/mol. The summed E-state index contributed by atoms with van der Waals surface area (Å²) in [6.07, 6.45) is 0. The average Bonchev–Trinajstić information content (AvgIpc) is 1.86. The van der Waals surface area contributed by atoms with Crippen LogP contribution in [0.4, 0.5) is 5.69 Å². The van der Waals surface area contributed by atoms with Crippen LogP contribution in [0.1, 0.15) is 19.4 Å². The van der Waals surface area contributed by atoms with Crippen molar-refractivity contribution in [3.63, 3.8) is 0 Å². The van der Waals surface area contributed by atoms with E-state index in [1.807, 2.05) is 38.1 Å². The normalized spacial score (nSPS) is 9.77. The number of nitrogens with two attached hydrogens (primary N) is 2. The molecule has 0 saturated heterocycles. The molecule has 0 unspecified atom stereocenters. The van der Waals surface area contributed by atoms with Gasteiger partial charge in [0.25, 0.3) is 0 Å². The van der Waals surface area contributed by atoms with Crippen LogP contribution in [-0.2, 0) is 5.54 Å². The van der Waals surface area contributed by atoms with Crippen LogP contribution in [0.15, 0.2) is 24.3 Å². The third-order valence-corrected chi connectivity index (χ3v) is 1.65. The number of nitrogen functional groups attached to an aromatic ring is 1. The van der Waals surface area contributed by atoms with Crippen molar-refractivity contribution in [1.82, 2.24) is 0 Å². The van der Waals surface area contributed by atoms with E-state index in [4.69, 9.17) is 11.5 Å². The standard InChI is InChI=1S/C9H14N2.2ClH/c1-9(2,11)7-5-3-4-6-8(7)10;;/h3-6H,10-11H2,1-2H3;2*1H. The number of halogens is 2. The fourth-order valence-electron chi connectivity index (χ4n) is 1.08. The van der Waals surface area contributed by atoms with Gasteiger partial charge in [0.2, 0.25) is 0 Å². The highest BCUT2D eigenvalue weighted by atomic mass is 35.5. The molecule has 0 saturated carbocycles. The van der Waals surface area contributed by atoms with Crippen molar-refractivity contribution in [3.05, 3.63) is 29.8 Å². The lowest BCUT2D eigenvalue weighted by Gasteiger charge is -2.20. The lowest BCUT2D eigenvalue weighted by molar-refractivity contribution is 0.556. The smallest absolute Gasteiger partial charge is 0.0372 e. The number of hydrogen-bond donors (Lipinski definition) is 2. The summed E-state index contributed by atoms with van der Waals surface area (Å²) in [4.78, 5) is 0. The van der Waals surface area contributed by atoms with E-state index < -0.39 is 0 Å². The Kier molecular flexibility index (Phi) is 6.16. The zero-order chi connectivity index (χ0) is 8.48. The first-order chi connectivity index (χ1) is 5.02. The summed E-state index contributed by atoms with van der Waals surface area (Å²) in [6.45, 7) is 3.89. The van der Waals surface area contributed by atoms with Crippen molar-refractivity contribution < 1.29 is 0 Å². The second-order valence-electron chi connectivity index (χ2n) is 3.31. The van der Waals surface area contributed by atoms with Gasteiger partial charge in [-0.1, -0.05) is 18.2 Å². The van der Waals surface area contributed by atoms with Crippen molar-refractivity contribution in [2.24, 2.45) is 5.73 Å². The maximum Gasteiger partial charge on any atom is 0.0372 e. The van der Waals surface area contributed by atoms with Gasteiger partial charge in [0.15, 0.2) is 0 Å². The second-order valence-corrected chi connectivity index (χ2v) is 3.31. The van der Waals surface area contributed by atoms with Crippen molar-refractivity contribution in [1.29, 1.82) is 0 Å². The van der Waals surface area contributed by atoms with Gasteiger partial charge in [0.1, 0.15) is 0 Å². The molecule has 0 spiro atoms. The van der Waals surface area contributed by atoms with Gasteiger partial charge in [0, 0.05) is 11.2 Å². The lowest BCUT2D eigenvalue weighted by atomic mass is 9.94. The van der Waals surface area contributed by atoms with Crippen molar-refractivity contribution in [2.75, 3.05) is 5.73 Å². The minimum Gasteiger partial charge on any atom is -0.398 e. The minimum atomic E-state index is -0.342. The van der Waals surface area contributed by atoms with E-state index in [0.29, 0.717) is 0 Å². The highest BCUT2D eigenvalue weighted by molar-refractivity contribution is 5.85. The molecular weight excluding hydrogens is 207 g/mol. The molecule has 1 rings (SSSR count). The molecule has 4 N–H and O–H groups in total. The Morgan fingerprint density at radius 1 is 1.08 bits per heavy atom. The van der Waals surface area contributed by atoms with Gasteiger partial charge < -0.3 is 11.5 Å². The zero-order valence-corrected chi connectivity index (χ0v) is 9.41. The van der Waals surface area contributed by atoms with E-state index in [-0.39, 0.29) is 30.4 Å². The van der Waals surface area contributed by atoms with Crippen LogP contribution in [0.25, 0.3) is 0 Å². The predicted molar refractivity (Wildman–Crippen MR) is 62.6 cm³/mol. The summed E-state index contributed by atoms with van der Waals surface area (Å²) < 4.78 is 0. The zero-order valence-electron chi connectivity index (χ0n) is 7.78. The molecule has 0 aliphatic rings. The summed E-state index contributed by atoms with van der Waals surface area (Å²) in [5, 5.41) is 0. The molecule has 0 aliphatic carbocycles. The number of benzene rings is 1. The van der Waals surface area contributed by atoms with Crippen LogP contribution in [0, 0.1) is 0 Å². The quantitative estimate of drug-likeness (QED) is 0.717. The maximum absolute atomic E-state index is 5.88. The van der Waals surface area contributed by atoms with E-state index >= 15 is 0 Å². The number of hydrogen-bond acceptors (Lipinski definition) is 2. The van der Waals surface area contributed by atoms with Gasteiger partial charge in [-0.05, 0) is 25.5 Å². The molecule has 76 valence electrons. The Morgan fingerprint density at radius 2 is 1.54 bits per heavy atom. The van der Waals surface area contributed by atoms with E-state index in [1.165, 1.54) is 0 Å². The van der Waals surface area contributed by atoms with E-state index in [9.17, 15) is 0 Å². The fourth-order valence-corrected chi connectivity index (χ4v) is 1.08. The topological polar surface area (TPSA) is 52.0 Å². The van der Waals surface area contributed by atoms with Crippen LogP contribution >= 0.6 is 24.8 Å². The first-order valence-electron chi connectivity index (χ1n) is 3.65.